The first-order chi connectivity index (χ1) is 10.1. The number of carboxylic acids is 1. The highest BCUT2D eigenvalue weighted by molar-refractivity contribution is 7.99. The van der Waals surface area contributed by atoms with Crippen molar-refractivity contribution in [2.75, 3.05) is 19.0 Å². The molecular weight excluding hydrogens is 294 g/mol. The number of thioether (sulfide) groups is 1. The fourth-order valence-electron chi connectivity index (χ4n) is 2.00. The molecule has 110 valence electrons. The van der Waals surface area contributed by atoms with E-state index < -0.39 is 5.97 Å². The highest BCUT2D eigenvalue weighted by Crippen LogP contribution is 2.34. The maximum absolute atomic E-state index is 10.6. The van der Waals surface area contributed by atoms with Gasteiger partial charge in [-0.1, -0.05) is 11.8 Å². The van der Waals surface area contributed by atoms with Crippen LogP contribution >= 0.6 is 11.8 Å². The lowest BCUT2D eigenvalue weighted by Gasteiger charge is -2.18. The van der Waals surface area contributed by atoms with Crippen LogP contribution in [0.5, 0.6) is 11.5 Å². The highest BCUT2D eigenvalue weighted by atomic mass is 32.2. The molecule has 0 saturated carbocycles. The van der Waals surface area contributed by atoms with Crippen LogP contribution in [0, 0.1) is 0 Å². The van der Waals surface area contributed by atoms with Gasteiger partial charge in [0.25, 0.3) is 0 Å². The standard InChI is InChI=1S/C13H13N3O4S/c1-16-12(14-15-13(16)21-7-11(17)18)8-2-3-9-10(6-8)20-5-4-19-9/h2-3,6H,4-5,7H2,1H3,(H,17,18). The molecule has 0 saturated heterocycles. The molecule has 2 aromatic rings. The van der Waals surface area contributed by atoms with Crippen LogP contribution in [0.25, 0.3) is 11.4 Å². The topological polar surface area (TPSA) is 86.5 Å². The Kier molecular flexibility index (Phi) is 3.70. The Morgan fingerprint density at radius 3 is 2.86 bits per heavy atom. The van der Waals surface area contributed by atoms with Crippen molar-refractivity contribution in [1.29, 1.82) is 0 Å². The molecule has 8 heteroatoms. The Bertz CT molecular complexity index is 686. The molecule has 0 radical (unpaired) electrons. The molecule has 1 N–H and O–H groups in total. The molecule has 2 heterocycles. The third kappa shape index (κ3) is 2.80. The fraction of sp³-hybridized carbons (Fsp3) is 0.308. The Hall–Kier alpha value is -2.22. The molecule has 1 aromatic carbocycles. The number of rotatable bonds is 4. The number of carbonyl (C=O) groups is 1. The lowest BCUT2D eigenvalue weighted by Crippen LogP contribution is -2.15. The first kappa shape index (κ1) is 13.7. The number of aliphatic carboxylic acids is 1. The predicted molar refractivity (Wildman–Crippen MR) is 75.8 cm³/mol. The van der Waals surface area contributed by atoms with E-state index in [-0.39, 0.29) is 5.75 Å². The van der Waals surface area contributed by atoms with Crippen molar-refractivity contribution in [3.05, 3.63) is 18.2 Å². The van der Waals surface area contributed by atoms with Gasteiger partial charge in [-0.2, -0.15) is 0 Å². The van der Waals surface area contributed by atoms with Crippen LogP contribution in [0.2, 0.25) is 0 Å². The summed E-state index contributed by atoms with van der Waals surface area (Å²) in [5.74, 6) is 1.12. The minimum atomic E-state index is -0.885. The fourth-order valence-corrected chi connectivity index (χ4v) is 2.63. The van der Waals surface area contributed by atoms with E-state index in [0.717, 1.165) is 17.3 Å². The first-order valence-corrected chi connectivity index (χ1v) is 7.27. The monoisotopic (exact) mass is 307 g/mol. The van der Waals surface area contributed by atoms with Gasteiger partial charge in [0.1, 0.15) is 13.2 Å². The summed E-state index contributed by atoms with van der Waals surface area (Å²) >= 11 is 1.13. The van der Waals surface area contributed by atoms with Crippen molar-refractivity contribution in [3.8, 4) is 22.9 Å². The quantitative estimate of drug-likeness (QED) is 0.855. The number of hydrogen-bond acceptors (Lipinski definition) is 6. The molecule has 0 amide bonds. The normalized spacial score (nSPS) is 13.2. The number of benzene rings is 1. The predicted octanol–water partition coefficient (Wildman–Crippen LogP) is 1.43. The van der Waals surface area contributed by atoms with E-state index >= 15 is 0 Å². The van der Waals surface area contributed by atoms with Gasteiger partial charge in [0.05, 0.1) is 5.75 Å². The third-order valence-corrected chi connectivity index (χ3v) is 3.97. The summed E-state index contributed by atoms with van der Waals surface area (Å²) in [5, 5.41) is 17.4. The van der Waals surface area contributed by atoms with E-state index in [1.165, 1.54) is 0 Å². The molecule has 0 fully saturated rings. The molecule has 1 aromatic heterocycles. The third-order valence-electron chi connectivity index (χ3n) is 2.96. The van der Waals surface area contributed by atoms with Gasteiger partial charge in [-0.05, 0) is 18.2 Å². The van der Waals surface area contributed by atoms with Crippen molar-refractivity contribution in [2.45, 2.75) is 5.16 Å². The van der Waals surface area contributed by atoms with Crippen molar-refractivity contribution >= 4 is 17.7 Å². The molecule has 7 nitrogen and oxygen atoms in total. The Balaban J connectivity index is 1.88. The van der Waals surface area contributed by atoms with Gasteiger partial charge in [0, 0.05) is 12.6 Å². The van der Waals surface area contributed by atoms with Crippen LogP contribution < -0.4 is 9.47 Å². The Morgan fingerprint density at radius 1 is 1.33 bits per heavy atom. The zero-order valence-corrected chi connectivity index (χ0v) is 12.1. The second-order valence-corrected chi connectivity index (χ2v) is 5.35. The largest absolute Gasteiger partial charge is 0.486 e. The molecule has 3 rings (SSSR count). The molecule has 0 atom stereocenters. The number of hydrogen-bond donors (Lipinski definition) is 1. The molecule has 1 aliphatic heterocycles. The highest BCUT2D eigenvalue weighted by Gasteiger charge is 2.16. The van der Waals surface area contributed by atoms with Crippen molar-refractivity contribution in [2.24, 2.45) is 7.05 Å². The SMILES string of the molecule is Cn1c(SCC(=O)O)nnc1-c1ccc2c(c1)OCCO2. The Morgan fingerprint density at radius 2 is 2.10 bits per heavy atom. The lowest BCUT2D eigenvalue weighted by molar-refractivity contribution is -0.133. The van der Waals surface area contributed by atoms with E-state index in [1.54, 1.807) is 11.6 Å². The van der Waals surface area contributed by atoms with Gasteiger partial charge in [-0.25, -0.2) is 0 Å². The summed E-state index contributed by atoms with van der Waals surface area (Å²) in [7, 11) is 1.80. The van der Waals surface area contributed by atoms with E-state index in [0.29, 0.717) is 35.7 Å². The van der Waals surface area contributed by atoms with Crippen LogP contribution in [0.3, 0.4) is 0 Å². The molecule has 0 spiro atoms. The van der Waals surface area contributed by atoms with Crippen molar-refractivity contribution in [1.82, 2.24) is 14.8 Å². The summed E-state index contributed by atoms with van der Waals surface area (Å²) < 4.78 is 12.8. The van der Waals surface area contributed by atoms with Crippen LogP contribution in [-0.4, -0.2) is 44.8 Å². The smallest absolute Gasteiger partial charge is 0.313 e. The zero-order valence-electron chi connectivity index (χ0n) is 11.3. The van der Waals surface area contributed by atoms with E-state index in [2.05, 4.69) is 10.2 Å². The molecule has 0 unspecified atom stereocenters. The first-order valence-electron chi connectivity index (χ1n) is 6.29. The molecule has 1 aliphatic rings. The van der Waals surface area contributed by atoms with Crippen LogP contribution in [0.15, 0.2) is 23.4 Å². The molecule has 21 heavy (non-hydrogen) atoms. The molecule has 0 aliphatic carbocycles. The number of ether oxygens (including phenoxy) is 2. The summed E-state index contributed by atoms with van der Waals surface area (Å²) in [5.41, 5.74) is 0.844. The number of aromatic nitrogens is 3. The van der Waals surface area contributed by atoms with Crippen LogP contribution in [0.4, 0.5) is 0 Å². The van der Waals surface area contributed by atoms with Gasteiger partial charge in [0.2, 0.25) is 0 Å². The minimum absolute atomic E-state index is 0.0485. The van der Waals surface area contributed by atoms with E-state index in [1.807, 2.05) is 18.2 Å². The average molecular weight is 307 g/mol. The van der Waals surface area contributed by atoms with Crippen molar-refractivity contribution in [3.63, 3.8) is 0 Å². The number of carboxylic acid groups (broad SMARTS) is 1. The zero-order chi connectivity index (χ0) is 14.8. The van der Waals surface area contributed by atoms with Gasteiger partial charge in [0.15, 0.2) is 22.5 Å². The number of fused-ring (bicyclic) bond motifs is 1. The second-order valence-electron chi connectivity index (χ2n) is 4.41. The second kappa shape index (κ2) is 5.65. The average Bonchev–Trinajstić information content (AvgIpc) is 2.85. The van der Waals surface area contributed by atoms with Crippen LogP contribution in [-0.2, 0) is 11.8 Å². The number of nitrogens with zero attached hydrogens (tertiary/aromatic N) is 3. The van der Waals surface area contributed by atoms with Crippen molar-refractivity contribution < 1.29 is 19.4 Å². The minimum Gasteiger partial charge on any atom is -0.486 e. The van der Waals surface area contributed by atoms with Gasteiger partial charge >= 0.3 is 5.97 Å². The summed E-state index contributed by atoms with van der Waals surface area (Å²) in [4.78, 5) is 10.6. The maximum atomic E-state index is 10.6. The van der Waals surface area contributed by atoms with E-state index in [4.69, 9.17) is 14.6 Å². The van der Waals surface area contributed by atoms with Gasteiger partial charge in [-0.15, -0.1) is 10.2 Å². The van der Waals surface area contributed by atoms with Gasteiger partial charge < -0.3 is 19.1 Å². The summed E-state index contributed by atoms with van der Waals surface area (Å²) in [6.07, 6.45) is 0. The Labute approximate surface area is 124 Å². The molecule has 0 bridgehead atoms. The molecular formula is C13H13N3O4S. The van der Waals surface area contributed by atoms with Crippen LogP contribution in [0.1, 0.15) is 0 Å². The van der Waals surface area contributed by atoms with Gasteiger partial charge in [-0.3, -0.25) is 4.79 Å². The summed E-state index contributed by atoms with van der Waals surface area (Å²) in [6, 6.07) is 5.57. The maximum Gasteiger partial charge on any atom is 0.313 e. The summed E-state index contributed by atoms with van der Waals surface area (Å²) in [6.45, 7) is 1.07. The van der Waals surface area contributed by atoms with E-state index in [9.17, 15) is 4.79 Å². The lowest BCUT2D eigenvalue weighted by atomic mass is 10.2.